The fourth-order valence-electron chi connectivity index (χ4n) is 2.56. The maximum absolute atomic E-state index is 12.3. The van der Waals surface area contributed by atoms with Crippen molar-refractivity contribution in [1.82, 2.24) is 5.32 Å². The van der Waals surface area contributed by atoms with Gasteiger partial charge in [0.15, 0.2) is 6.61 Å². The van der Waals surface area contributed by atoms with Crippen molar-refractivity contribution < 1.29 is 14.3 Å². The number of nitrogens with one attached hydrogen (secondary N) is 2. The summed E-state index contributed by atoms with van der Waals surface area (Å²) in [4.78, 5) is 24.5. The minimum Gasteiger partial charge on any atom is -0.483 e. The molecular formula is C22H25BrN2O3. The van der Waals surface area contributed by atoms with Crippen LogP contribution >= 0.6 is 15.9 Å². The molecule has 0 saturated carbocycles. The quantitative estimate of drug-likeness (QED) is 0.540. The Morgan fingerprint density at radius 2 is 2.00 bits per heavy atom. The number of halogens is 1. The van der Waals surface area contributed by atoms with Crippen LogP contribution in [0.4, 0.5) is 5.69 Å². The van der Waals surface area contributed by atoms with Gasteiger partial charge < -0.3 is 15.4 Å². The minimum atomic E-state index is -0.345. The average molecular weight is 445 g/mol. The van der Waals surface area contributed by atoms with Crippen molar-refractivity contribution in [2.45, 2.75) is 26.2 Å². The van der Waals surface area contributed by atoms with E-state index in [4.69, 9.17) is 4.74 Å². The monoisotopic (exact) mass is 444 g/mol. The Morgan fingerprint density at radius 3 is 2.68 bits per heavy atom. The molecule has 0 bridgehead atoms. The first-order valence-corrected chi connectivity index (χ1v) is 9.95. The first-order chi connectivity index (χ1) is 13.5. The molecule has 2 N–H and O–H groups in total. The lowest BCUT2D eigenvalue weighted by Gasteiger charge is -2.14. The number of anilines is 1. The van der Waals surface area contributed by atoms with E-state index in [1.807, 2.05) is 18.2 Å². The van der Waals surface area contributed by atoms with Crippen molar-refractivity contribution in [3.63, 3.8) is 0 Å². The molecule has 1 atom stereocenters. The van der Waals surface area contributed by atoms with Crippen LogP contribution in [-0.4, -0.2) is 25.0 Å². The summed E-state index contributed by atoms with van der Waals surface area (Å²) in [5, 5.41) is 5.43. The number of hydrogen-bond acceptors (Lipinski definition) is 3. The van der Waals surface area contributed by atoms with Crippen LogP contribution in [0.3, 0.4) is 0 Å². The Balaban J connectivity index is 2.00. The van der Waals surface area contributed by atoms with E-state index < -0.39 is 0 Å². The molecule has 0 heterocycles. The molecule has 2 rings (SSSR count). The van der Waals surface area contributed by atoms with Crippen LogP contribution in [0.2, 0.25) is 0 Å². The molecule has 2 aromatic rings. The summed E-state index contributed by atoms with van der Waals surface area (Å²) in [6.45, 7) is 8.07. The van der Waals surface area contributed by atoms with Crippen LogP contribution in [-0.2, 0) is 4.79 Å². The second-order valence-electron chi connectivity index (χ2n) is 6.38. The molecule has 0 aromatic heterocycles. The van der Waals surface area contributed by atoms with Gasteiger partial charge in [0.25, 0.3) is 11.8 Å². The number of carbonyl (C=O) groups excluding carboxylic acids is 2. The van der Waals surface area contributed by atoms with Gasteiger partial charge in [-0.15, -0.1) is 6.58 Å². The molecule has 0 aliphatic carbocycles. The number of carbonyl (C=O) groups is 2. The Labute approximate surface area is 174 Å². The summed E-state index contributed by atoms with van der Waals surface area (Å²) in [5.74, 6) is 0.429. The fraction of sp³-hybridized carbons (Fsp3) is 0.273. The molecule has 0 spiro atoms. The average Bonchev–Trinajstić information content (AvgIpc) is 2.70. The summed E-state index contributed by atoms with van der Waals surface area (Å²) >= 11 is 3.50. The number of benzene rings is 2. The third kappa shape index (κ3) is 5.96. The van der Waals surface area contributed by atoms with Crippen molar-refractivity contribution in [2.24, 2.45) is 0 Å². The van der Waals surface area contributed by atoms with Gasteiger partial charge in [-0.25, -0.2) is 0 Å². The number of amides is 2. The third-order valence-electron chi connectivity index (χ3n) is 4.35. The Hall–Kier alpha value is -2.60. The molecule has 0 fully saturated rings. The lowest BCUT2D eigenvalue weighted by Crippen LogP contribution is -2.26. The number of ether oxygens (including phenoxy) is 1. The molecular weight excluding hydrogens is 420 g/mol. The first kappa shape index (κ1) is 21.7. The fourth-order valence-corrected chi connectivity index (χ4v) is 3.07. The maximum atomic E-state index is 12.3. The Kier molecular flexibility index (Phi) is 8.26. The largest absolute Gasteiger partial charge is 0.483 e. The molecule has 148 valence electrons. The van der Waals surface area contributed by atoms with Crippen molar-refractivity contribution in [2.75, 3.05) is 18.5 Å². The van der Waals surface area contributed by atoms with E-state index in [-0.39, 0.29) is 18.4 Å². The normalized spacial score (nSPS) is 11.4. The molecule has 28 heavy (non-hydrogen) atoms. The zero-order valence-corrected chi connectivity index (χ0v) is 17.7. The molecule has 0 aliphatic rings. The SMILES string of the molecule is C=CCNC(=O)c1ccccc1NC(=O)COc1ccc(C(C)CC)cc1Br. The standard InChI is InChI=1S/C22H25BrN2O3/c1-4-12-24-22(27)17-8-6-7-9-19(17)25-21(26)14-28-20-11-10-16(13-18(20)23)15(3)5-2/h4,6-11,13,15H,1,5,12,14H2,2-3H3,(H,24,27)(H,25,26). The van der Waals surface area contributed by atoms with Gasteiger partial charge in [-0.3, -0.25) is 9.59 Å². The predicted molar refractivity (Wildman–Crippen MR) is 116 cm³/mol. The molecule has 5 nitrogen and oxygen atoms in total. The van der Waals surface area contributed by atoms with E-state index in [0.29, 0.717) is 29.5 Å². The smallest absolute Gasteiger partial charge is 0.262 e. The highest BCUT2D eigenvalue weighted by atomic mass is 79.9. The van der Waals surface area contributed by atoms with Crippen molar-refractivity contribution in [3.8, 4) is 5.75 Å². The molecule has 2 amide bonds. The molecule has 0 radical (unpaired) electrons. The summed E-state index contributed by atoms with van der Waals surface area (Å²) in [7, 11) is 0. The van der Waals surface area contributed by atoms with Gasteiger partial charge in [-0.1, -0.05) is 38.1 Å². The number of hydrogen-bond donors (Lipinski definition) is 2. The van der Waals surface area contributed by atoms with Gasteiger partial charge in [0.1, 0.15) is 5.75 Å². The second-order valence-corrected chi connectivity index (χ2v) is 7.23. The van der Waals surface area contributed by atoms with E-state index in [0.717, 1.165) is 10.9 Å². The molecule has 6 heteroatoms. The van der Waals surface area contributed by atoms with Crippen LogP contribution in [0.15, 0.2) is 59.6 Å². The Morgan fingerprint density at radius 1 is 1.25 bits per heavy atom. The van der Waals surface area contributed by atoms with Gasteiger partial charge in [0, 0.05) is 6.54 Å². The second kappa shape index (κ2) is 10.7. The van der Waals surface area contributed by atoms with Crippen LogP contribution in [0.5, 0.6) is 5.75 Å². The molecule has 0 saturated heterocycles. The molecule has 0 aliphatic heterocycles. The highest BCUT2D eigenvalue weighted by Crippen LogP contribution is 2.30. The number of para-hydroxylation sites is 1. The summed E-state index contributed by atoms with van der Waals surface area (Å²) in [6.07, 6.45) is 2.64. The van der Waals surface area contributed by atoms with Crippen molar-refractivity contribution in [3.05, 3.63) is 70.7 Å². The predicted octanol–water partition coefficient (Wildman–Crippen LogP) is 4.90. The van der Waals surface area contributed by atoms with Gasteiger partial charge in [-0.2, -0.15) is 0 Å². The van der Waals surface area contributed by atoms with E-state index in [1.54, 1.807) is 30.3 Å². The van der Waals surface area contributed by atoms with E-state index in [2.05, 4.69) is 47.0 Å². The van der Waals surface area contributed by atoms with E-state index in [9.17, 15) is 9.59 Å². The lowest BCUT2D eigenvalue weighted by molar-refractivity contribution is -0.118. The summed E-state index contributed by atoms with van der Waals surface area (Å²) < 4.78 is 6.44. The molecule has 1 unspecified atom stereocenters. The number of rotatable bonds is 9. The summed E-state index contributed by atoms with van der Waals surface area (Å²) in [6, 6.07) is 12.7. The van der Waals surface area contributed by atoms with E-state index >= 15 is 0 Å². The lowest BCUT2D eigenvalue weighted by atomic mass is 9.99. The van der Waals surface area contributed by atoms with Gasteiger partial charge in [0.2, 0.25) is 0 Å². The zero-order chi connectivity index (χ0) is 20.5. The van der Waals surface area contributed by atoms with Crippen molar-refractivity contribution in [1.29, 1.82) is 0 Å². The third-order valence-corrected chi connectivity index (χ3v) is 4.97. The highest BCUT2D eigenvalue weighted by Gasteiger charge is 2.14. The topological polar surface area (TPSA) is 67.4 Å². The molecule has 2 aromatic carbocycles. The zero-order valence-electron chi connectivity index (χ0n) is 16.1. The minimum absolute atomic E-state index is 0.163. The van der Waals surface area contributed by atoms with Crippen molar-refractivity contribution >= 4 is 33.4 Å². The van der Waals surface area contributed by atoms with Crippen LogP contribution in [0.25, 0.3) is 0 Å². The van der Waals surface area contributed by atoms with Crippen LogP contribution in [0.1, 0.15) is 42.1 Å². The van der Waals surface area contributed by atoms with Gasteiger partial charge in [0.05, 0.1) is 15.7 Å². The van der Waals surface area contributed by atoms with Crippen LogP contribution in [0, 0.1) is 0 Å². The summed E-state index contributed by atoms with van der Waals surface area (Å²) in [5.41, 5.74) is 2.03. The highest BCUT2D eigenvalue weighted by molar-refractivity contribution is 9.10. The maximum Gasteiger partial charge on any atom is 0.262 e. The van der Waals surface area contributed by atoms with E-state index in [1.165, 1.54) is 5.56 Å². The van der Waals surface area contributed by atoms with Crippen LogP contribution < -0.4 is 15.4 Å². The van der Waals surface area contributed by atoms with Gasteiger partial charge >= 0.3 is 0 Å². The first-order valence-electron chi connectivity index (χ1n) is 9.16. The van der Waals surface area contributed by atoms with Gasteiger partial charge in [-0.05, 0) is 58.1 Å². The Bertz CT molecular complexity index is 851.